The summed E-state index contributed by atoms with van der Waals surface area (Å²) in [6.45, 7) is 9.74. The predicted octanol–water partition coefficient (Wildman–Crippen LogP) is 3.47. The normalized spacial score (nSPS) is 49.1. The molecule has 0 heteroatoms. The van der Waals surface area contributed by atoms with Gasteiger partial charge < -0.3 is 0 Å². The van der Waals surface area contributed by atoms with E-state index in [0.29, 0.717) is 10.8 Å². The van der Waals surface area contributed by atoms with Crippen molar-refractivity contribution in [3.8, 4) is 0 Å². The summed E-state index contributed by atoms with van der Waals surface area (Å²) < 4.78 is 0. The molecule has 2 bridgehead atoms. The highest BCUT2D eigenvalue weighted by molar-refractivity contribution is 5.06. The Hall–Kier alpha value is 0. The Bertz CT molecular complexity index is 169. The summed E-state index contributed by atoms with van der Waals surface area (Å²) >= 11 is 0. The molecular formula is C11H20. The average Bonchev–Trinajstić information content (AvgIpc) is 2.14. The van der Waals surface area contributed by atoms with E-state index in [0.717, 1.165) is 11.8 Å². The Morgan fingerprint density at radius 2 is 1.73 bits per heavy atom. The van der Waals surface area contributed by atoms with Crippen LogP contribution in [0.25, 0.3) is 0 Å². The molecule has 0 aromatic heterocycles. The van der Waals surface area contributed by atoms with E-state index in [1.165, 1.54) is 19.3 Å². The quantitative estimate of drug-likeness (QED) is 0.498. The Kier molecular flexibility index (Phi) is 1.28. The molecule has 1 unspecified atom stereocenters. The van der Waals surface area contributed by atoms with Crippen molar-refractivity contribution in [2.75, 3.05) is 0 Å². The van der Waals surface area contributed by atoms with E-state index in [9.17, 15) is 0 Å². The molecule has 0 aromatic rings. The van der Waals surface area contributed by atoms with Crippen LogP contribution >= 0.6 is 0 Å². The van der Waals surface area contributed by atoms with E-state index in [2.05, 4.69) is 27.7 Å². The molecule has 0 spiro atoms. The van der Waals surface area contributed by atoms with E-state index in [1.54, 1.807) is 0 Å². The maximum atomic E-state index is 2.50. The maximum Gasteiger partial charge on any atom is -0.0246 e. The Labute approximate surface area is 70.4 Å². The highest BCUT2D eigenvalue weighted by Crippen LogP contribution is 2.66. The average molecular weight is 152 g/mol. The molecule has 11 heavy (non-hydrogen) atoms. The fraction of sp³-hybridized carbons (Fsp3) is 1.00. The van der Waals surface area contributed by atoms with E-state index in [-0.39, 0.29) is 0 Å². The fourth-order valence-corrected chi connectivity index (χ4v) is 3.11. The van der Waals surface area contributed by atoms with Crippen LogP contribution in [0.3, 0.4) is 0 Å². The molecule has 0 N–H and O–H groups in total. The predicted molar refractivity (Wildman–Crippen MR) is 48.4 cm³/mol. The Balaban J connectivity index is 2.23. The van der Waals surface area contributed by atoms with Crippen LogP contribution in [0.1, 0.15) is 47.0 Å². The molecule has 1 atom stereocenters. The minimum absolute atomic E-state index is 0.531. The lowest BCUT2D eigenvalue weighted by atomic mass is 9.62. The lowest BCUT2D eigenvalue weighted by molar-refractivity contribution is 0.0670. The molecule has 3 rings (SSSR count). The molecule has 0 heterocycles. The first-order valence-corrected chi connectivity index (χ1v) is 4.93. The largest absolute Gasteiger partial charge is 0.0596 e. The van der Waals surface area contributed by atoms with Crippen LogP contribution < -0.4 is 0 Å². The van der Waals surface area contributed by atoms with E-state index in [1.807, 2.05) is 0 Å². The lowest BCUT2D eigenvalue weighted by Crippen LogP contribution is -2.34. The van der Waals surface area contributed by atoms with Crippen molar-refractivity contribution < 1.29 is 0 Å². The van der Waals surface area contributed by atoms with Gasteiger partial charge in [-0.1, -0.05) is 27.7 Å². The smallest absolute Gasteiger partial charge is 0.0246 e. The van der Waals surface area contributed by atoms with Gasteiger partial charge in [0.25, 0.3) is 0 Å². The van der Waals surface area contributed by atoms with Crippen LogP contribution in [0, 0.1) is 22.7 Å². The molecular weight excluding hydrogens is 132 g/mol. The third-order valence-corrected chi connectivity index (χ3v) is 4.56. The van der Waals surface area contributed by atoms with E-state index < -0.39 is 0 Å². The third kappa shape index (κ3) is 0.816. The monoisotopic (exact) mass is 152 g/mol. The van der Waals surface area contributed by atoms with Gasteiger partial charge in [0, 0.05) is 0 Å². The van der Waals surface area contributed by atoms with Crippen LogP contribution in [0.4, 0.5) is 0 Å². The van der Waals surface area contributed by atoms with Gasteiger partial charge in [0.1, 0.15) is 0 Å². The van der Waals surface area contributed by atoms with E-state index in [4.69, 9.17) is 0 Å². The van der Waals surface area contributed by atoms with Crippen molar-refractivity contribution in [1.82, 2.24) is 0 Å². The van der Waals surface area contributed by atoms with Gasteiger partial charge in [-0.25, -0.2) is 0 Å². The summed E-state index contributed by atoms with van der Waals surface area (Å²) in [4.78, 5) is 0. The van der Waals surface area contributed by atoms with Gasteiger partial charge in [0.05, 0.1) is 0 Å². The zero-order valence-corrected chi connectivity index (χ0v) is 8.28. The molecule has 0 amide bonds. The molecule has 0 radical (unpaired) electrons. The number of hydrogen-bond acceptors (Lipinski definition) is 0. The zero-order valence-electron chi connectivity index (χ0n) is 8.28. The number of fused-ring (bicyclic) bond motifs is 1. The second kappa shape index (κ2) is 1.84. The van der Waals surface area contributed by atoms with Crippen molar-refractivity contribution in [1.29, 1.82) is 0 Å². The van der Waals surface area contributed by atoms with Crippen molar-refractivity contribution >= 4 is 0 Å². The van der Waals surface area contributed by atoms with E-state index >= 15 is 0 Å². The zero-order chi connectivity index (χ0) is 8.28. The van der Waals surface area contributed by atoms with Gasteiger partial charge in [-0.05, 0) is 41.9 Å². The molecule has 3 aliphatic carbocycles. The summed E-state index contributed by atoms with van der Waals surface area (Å²) in [5.41, 5.74) is 1.20. The van der Waals surface area contributed by atoms with Gasteiger partial charge in [-0.2, -0.15) is 0 Å². The third-order valence-electron chi connectivity index (χ3n) is 4.56. The first-order valence-electron chi connectivity index (χ1n) is 4.93. The molecule has 0 aromatic carbocycles. The van der Waals surface area contributed by atoms with Crippen molar-refractivity contribution in [3.05, 3.63) is 0 Å². The fourth-order valence-electron chi connectivity index (χ4n) is 3.11. The summed E-state index contributed by atoms with van der Waals surface area (Å²) in [6, 6.07) is 0. The second-order valence-electron chi connectivity index (χ2n) is 5.91. The van der Waals surface area contributed by atoms with Crippen molar-refractivity contribution in [3.63, 3.8) is 0 Å². The molecule has 0 nitrogen and oxygen atoms in total. The molecule has 3 saturated carbocycles. The van der Waals surface area contributed by atoms with Gasteiger partial charge >= 0.3 is 0 Å². The topological polar surface area (TPSA) is 0 Å². The minimum atomic E-state index is 0.531. The summed E-state index contributed by atoms with van der Waals surface area (Å²) in [6.07, 6.45) is 4.57. The molecule has 3 aliphatic rings. The van der Waals surface area contributed by atoms with Crippen LogP contribution in [-0.4, -0.2) is 0 Å². The van der Waals surface area contributed by atoms with Gasteiger partial charge in [0.15, 0.2) is 0 Å². The van der Waals surface area contributed by atoms with Crippen LogP contribution in [0.15, 0.2) is 0 Å². The molecule has 3 fully saturated rings. The van der Waals surface area contributed by atoms with Crippen LogP contribution in [0.2, 0.25) is 0 Å². The summed E-state index contributed by atoms with van der Waals surface area (Å²) in [7, 11) is 0. The maximum absolute atomic E-state index is 2.50. The summed E-state index contributed by atoms with van der Waals surface area (Å²) in [5.74, 6) is 2.16. The highest BCUT2D eigenvalue weighted by atomic mass is 14.6. The first-order chi connectivity index (χ1) is 4.93. The Morgan fingerprint density at radius 3 is 1.91 bits per heavy atom. The molecule has 0 aliphatic heterocycles. The highest BCUT2D eigenvalue weighted by Gasteiger charge is 2.56. The van der Waals surface area contributed by atoms with Crippen molar-refractivity contribution in [2.24, 2.45) is 22.7 Å². The Morgan fingerprint density at radius 1 is 1.18 bits per heavy atom. The standard InChI is InChI=1S/C11H20/c1-10(2,3)11(4)7-8-5-9(11)6-8/h8-9H,5-7H2,1-4H3. The second-order valence-corrected chi connectivity index (χ2v) is 5.91. The van der Waals surface area contributed by atoms with Crippen molar-refractivity contribution in [2.45, 2.75) is 47.0 Å². The van der Waals surface area contributed by atoms with Gasteiger partial charge in [-0.3, -0.25) is 0 Å². The minimum Gasteiger partial charge on any atom is -0.0596 e. The van der Waals surface area contributed by atoms with Crippen LogP contribution in [0.5, 0.6) is 0 Å². The molecule has 64 valence electrons. The number of hydrogen-bond donors (Lipinski definition) is 0. The molecule has 0 saturated heterocycles. The number of rotatable bonds is 0. The summed E-state index contributed by atoms with van der Waals surface area (Å²) in [5, 5.41) is 0. The van der Waals surface area contributed by atoms with Crippen LogP contribution in [-0.2, 0) is 0 Å². The lowest BCUT2D eigenvalue weighted by Gasteiger charge is -2.42. The first kappa shape index (κ1) is 7.64. The van der Waals surface area contributed by atoms with Gasteiger partial charge in [-0.15, -0.1) is 0 Å². The SMILES string of the molecule is CC(C)(C)C1(C)CC2CC1C2. The van der Waals surface area contributed by atoms with Gasteiger partial charge in [0.2, 0.25) is 0 Å².